The average molecular weight is 797 g/mol. The third-order valence-corrected chi connectivity index (χ3v) is 11.6. The van der Waals surface area contributed by atoms with E-state index in [1.54, 1.807) is 0 Å². The molecule has 6 aromatic heterocycles. The molecule has 0 bridgehead atoms. The molecule has 0 fully saturated rings. The Morgan fingerprint density at radius 2 is 1.05 bits per heavy atom. The summed E-state index contributed by atoms with van der Waals surface area (Å²) in [5.74, 6) is 2.64. The maximum Gasteiger partial charge on any atom is 0.161 e. The lowest BCUT2D eigenvalue weighted by atomic mass is 10.1. The molecule has 0 amide bonds. The first-order valence-corrected chi connectivity index (χ1v) is 20.7. The van der Waals surface area contributed by atoms with Gasteiger partial charge in [-0.15, -0.1) is 0 Å². The van der Waals surface area contributed by atoms with Crippen LogP contribution in [0.25, 0.3) is 89.2 Å². The summed E-state index contributed by atoms with van der Waals surface area (Å²) in [5.41, 5.74) is 26.8. The largest absolute Gasteiger partial charge is 0.384 e. The Hall–Kier alpha value is -6.90. The van der Waals surface area contributed by atoms with Crippen molar-refractivity contribution < 1.29 is 0 Å². The number of benzene rings is 4. The van der Waals surface area contributed by atoms with Gasteiger partial charge in [0.15, 0.2) is 11.3 Å². The molecule has 302 valence electrons. The third kappa shape index (κ3) is 6.73. The number of nitrogens with zero attached hydrogens (tertiary/aromatic N) is 10. The van der Waals surface area contributed by atoms with E-state index >= 15 is 0 Å². The second-order valence-corrected chi connectivity index (χ2v) is 15.8. The molecule has 0 saturated carbocycles. The number of aromatic nitrogens is 10. The molecule has 0 aliphatic heterocycles. The fourth-order valence-corrected chi connectivity index (χ4v) is 8.46. The number of hydrogen-bond donors (Lipinski definition) is 4. The van der Waals surface area contributed by atoms with Crippen molar-refractivity contribution >= 4 is 78.1 Å². The van der Waals surface area contributed by atoms with Crippen molar-refractivity contribution in [3.8, 4) is 22.8 Å². The number of imidazole rings is 2. The summed E-state index contributed by atoms with van der Waals surface area (Å²) in [6.45, 7) is 7.33. The van der Waals surface area contributed by atoms with Crippen LogP contribution in [0.1, 0.15) is 25.3 Å². The van der Waals surface area contributed by atoms with Gasteiger partial charge < -0.3 is 40.4 Å². The van der Waals surface area contributed by atoms with Crippen molar-refractivity contribution in [1.29, 1.82) is 0 Å². The van der Waals surface area contributed by atoms with Crippen LogP contribution in [-0.4, -0.2) is 99.1 Å². The van der Waals surface area contributed by atoms with Gasteiger partial charge in [0.1, 0.15) is 34.3 Å². The molecule has 0 unspecified atom stereocenters. The number of para-hydroxylation sites is 6. The number of fused-ring (bicyclic) bond motifs is 6. The summed E-state index contributed by atoms with van der Waals surface area (Å²) in [6, 6.07) is 30.4. The van der Waals surface area contributed by atoms with Gasteiger partial charge in [-0.2, -0.15) is 0 Å². The van der Waals surface area contributed by atoms with Gasteiger partial charge in [-0.25, -0.2) is 29.9 Å². The predicted molar refractivity (Wildman–Crippen MR) is 243 cm³/mol. The highest BCUT2D eigenvalue weighted by Crippen LogP contribution is 2.37. The zero-order chi connectivity index (χ0) is 40.9. The number of aromatic amines is 2. The van der Waals surface area contributed by atoms with E-state index in [0.717, 1.165) is 130 Å². The molecule has 60 heavy (non-hydrogen) atoms. The molecular formula is C46H48N14. The molecule has 10 aromatic rings. The lowest BCUT2D eigenvalue weighted by Gasteiger charge is -2.20. The number of rotatable bonds is 14. The van der Waals surface area contributed by atoms with Crippen LogP contribution in [0.3, 0.4) is 0 Å². The summed E-state index contributed by atoms with van der Waals surface area (Å²) < 4.78 is 4.20. The lowest BCUT2D eigenvalue weighted by Crippen LogP contribution is -2.27. The van der Waals surface area contributed by atoms with Gasteiger partial charge in [-0.05, 0) is 107 Å². The number of hydrogen-bond acceptors (Lipinski definition) is 10. The monoisotopic (exact) mass is 796 g/mol. The van der Waals surface area contributed by atoms with E-state index < -0.39 is 0 Å². The number of aryl methyl sites for hydroxylation is 2. The molecule has 0 aliphatic rings. The number of nitrogens with one attached hydrogen (secondary N) is 2. The van der Waals surface area contributed by atoms with E-state index in [-0.39, 0.29) is 0 Å². The summed E-state index contributed by atoms with van der Waals surface area (Å²) in [6.07, 6.45) is 2.71. The van der Waals surface area contributed by atoms with Crippen molar-refractivity contribution in [3.05, 3.63) is 96.6 Å². The van der Waals surface area contributed by atoms with Crippen LogP contribution in [0.15, 0.2) is 91.0 Å². The zero-order valence-electron chi connectivity index (χ0n) is 34.2. The first kappa shape index (κ1) is 37.4. The molecule has 0 atom stereocenters. The Morgan fingerprint density at radius 3 is 1.60 bits per heavy atom. The minimum atomic E-state index is 0.616. The maximum absolute atomic E-state index is 6.97. The lowest BCUT2D eigenvalue weighted by molar-refractivity contribution is 0.283. The second kappa shape index (κ2) is 15.4. The molecule has 0 spiro atoms. The topological polar surface area (TPSA) is 177 Å². The Morgan fingerprint density at radius 1 is 0.550 bits per heavy atom. The van der Waals surface area contributed by atoms with E-state index in [9.17, 15) is 0 Å². The van der Waals surface area contributed by atoms with Gasteiger partial charge in [0, 0.05) is 19.6 Å². The number of nitrogens with two attached hydrogens (primary N) is 2. The molecule has 6 heterocycles. The first-order valence-electron chi connectivity index (χ1n) is 20.7. The minimum Gasteiger partial charge on any atom is -0.384 e. The van der Waals surface area contributed by atoms with Gasteiger partial charge in [-0.3, -0.25) is 0 Å². The highest BCUT2D eigenvalue weighted by molar-refractivity contribution is 6.02. The summed E-state index contributed by atoms with van der Waals surface area (Å²) >= 11 is 0. The number of likely N-dealkylation sites (N-methyl/N-ethyl adjacent to an activating group) is 1. The Balaban J connectivity index is 0.875. The molecule has 0 aliphatic carbocycles. The standard InChI is InChI=1S/C46H48N14/c1-4-58(23-12-25-60-41(47)37(43-51-31-15-7-8-16-32(31)52-43)39-46(60)56-34-18-10-5-13-29(34)49-39)26-21-28-19-20-35-36(27-28)54-44(53-35)38-40-45(55-33-17-9-6-14-30(33)50-40)59(42(38)48)24-11-22-57(2)3/h5-10,13-20,27H,4,11-12,21-26,47-48H2,1-3H3,(H,51,52)(H,53,54). The fourth-order valence-electron chi connectivity index (χ4n) is 8.46. The van der Waals surface area contributed by atoms with Crippen molar-refractivity contribution in [1.82, 2.24) is 58.8 Å². The smallest absolute Gasteiger partial charge is 0.161 e. The van der Waals surface area contributed by atoms with Gasteiger partial charge in [-0.1, -0.05) is 49.4 Å². The second-order valence-electron chi connectivity index (χ2n) is 15.8. The molecule has 4 aromatic carbocycles. The van der Waals surface area contributed by atoms with Crippen LogP contribution in [0.4, 0.5) is 11.6 Å². The number of anilines is 2. The van der Waals surface area contributed by atoms with Gasteiger partial charge in [0.05, 0.1) is 55.3 Å². The average Bonchev–Trinajstić information content (AvgIpc) is 4.00. The van der Waals surface area contributed by atoms with Crippen LogP contribution in [0.2, 0.25) is 0 Å². The number of nitrogen functional groups attached to an aromatic ring is 2. The van der Waals surface area contributed by atoms with Crippen LogP contribution >= 0.6 is 0 Å². The van der Waals surface area contributed by atoms with Crippen LogP contribution in [-0.2, 0) is 19.5 Å². The van der Waals surface area contributed by atoms with Crippen LogP contribution in [0.5, 0.6) is 0 Å². The minimum absolute atomic E-state index is 0.616. The van der Waals surface area contributed by atoms with Crippen molar-refractivity contribution in [2.75, 3.05) is 51.7 Å². The van der Waals surface area contributed by atoms with E-state index in [0.29, 0.717) is 29.8 Å². The highest BCUT2D eigenvalue weighted by Gasteiger charge is 2.24. The molecular weight excluding hydrogens is 749 g/mol. The SMILES string of the molecule is CCN(CCCn1c(N)c(-c2nc3ccccc3[nH]2)c2nc3ccccc3nc21)CCc1ccc2[nH]c(-c3c(N)n(CCCN(C)C)c4nc5ccccc5nc34)nc2c1. The van der Waals surface area contributed by atoms with Crippen LogP contribution < -0.4 is 11.5 Å². The molecule has 0 radical (unpaired) electrons. The predicted octanol–water partition coefficient (Wildman–Crippen LogP) is 7.64. The summed E-state index contributed by atoms with van der Waals surface area (Å²) in [5, 5.41) is 0. The highest BCUT2D eigenvalue weighted by atomic mass is 15.2. The van der Waals surface area contributed by atoms with Crippen molar-refractivity contribution in [2.45, 2.75) is 39.3 Å². The van der Waals surface area contributed by atoms with Crippen LogP contribution in [0, 0.1) is 0 Å². The molecule has 6 N–H and O–H groups in total. The first-order chi connectivity index (χ1) is 29.3. The molecule has 14 nitrogen and oxygen atoms in total. The Labute approximate surface area is 346 Å². The zero-order valence-corrected chi connectivity index (χ0v) is 34.2. The summed E-state index contributed by atoms with van der Waals surface area (Å²) in [7, 11) is 4.16. The Bertz CT molecular complexity index is 3150. The van der Waals surface area contributed by atoms with E-state index in [4.69, 9.17) is 41.4 Å². The number of H-pyrrole nitrogens is 2. The molecule has 0 saturated heterocycles. The molecule has 10 rings (SSSR count). The van der Waals surface area contributed by atoms with E-state index in [1.165, 1.54) is 5.56 Å². The van der Waals surface area contributed by atoms with Gasteiger partial charge in [0.25, 0.3) is 0 Å². The van der Waals surface area contributed by atoms with E-state index in [2.05, 4.69) is 68.1 Å². The van der Waals surface area contributed by atoms with Gasteiger partial charge >= 0.3 is 0 Å². The summed E-state index contributed by atoms with van der Waals surface area (Å²) in [4.78, 5) is 41.9. The van der Waals surface area contributed by atoms with Gasteiger partial charge in [0.2, 0.25) is 0 Å². The maximum atomic E-state index is 6.97. The quantitative estimate of drug-likeness (QED) is 0.0855. The Kier molecular flexibility index (Phi) is 9.57. The van der Waals surface area contributed by atoms with Crippen molar-refractivity contribution in [2.24, 2.45) is 0 Å². The van der Waals surface area contributed by atoms with E-state index in [1.807, 2.05) is 72.8 Å². The van der Waals surface area contributed by atoms with Crippen molar-refractivity contribution in [3.63, 3.8) is 0 Å². The third-order valence-electron chi connectivity index (χ3n) is 11.6. The molecule has 14 heteroatoms. The fraction of sp³-hybridized carbons (Fsp3) is 0.261. The normalized spacial score (nSPS) is 12.3.